The van der Waals surface area contributed by atoms with E-state index >= 15 is 0 Å². The molecule has 0 saturated carbocycles. The number of likely N-dealkylation sites (tertiary alicyclic amines) is 1. The van der Waals surface area contributed by atoms with Crippen LogP contribution in [0.1, 0.15) is 26.7 Å². The van der Waals surface area contributed by atoms with Crippen LogP contribution in [0.4, 0.5) is 14.5 Å². The molecular weight excluding hydrogens is 262 g/mol. The Labute approximate surface area is 118 Å². The molecule has 1 fully saturated rings. The number of rotatable bonds is 3. The van der Waals surface area contributed by atoms with Crippen LogP contribution in [0.25, 0.3) is 0 Å². The lowest BCUT2D eigenvalue weighted by atomic mass is 9.99. The minimum atomic E-state index is -0.626. The Morgan fingerprint density at radius 3 is 2.90 bits per heavy atom. The fraction of sp³-hybridized carbons (Fsp3) is 0.533. The maximum absolute atomic E-state index is 13.5. The molecule has 1 aromatic carbocycles. The second-order valence-electron chi connectivity index (χ2n) is 5.53. The van der Waals surface area contributed by atoms with Gasteiger partial charge in [-0.2, -0.15) is 0 Å². The summed E-state index contributed by atoms with van der Waals surface area (Å²) in [6.45, 7) is 5.68. The van der Waals surface area contributed by atoms with Crippen LogP contribution >= 0.6 is 0 Å². The third-order valence-corrected chi connectivity index (χ3v) is 3.80. The van der Waals surface area contributed by atoms with Crippen molar-refractivity contribution in [1.82, 2.24) is 4.90 Å². The van der Waals surface area contributed by atoms with Gasteiger partial charge < -0.3 is 5.32 Å². The highest BCUT2D eigenvalue weighted by Gasteiger charge is 2.26. The number of halogens is 2. The predicted molar refractivity (Wildman–Crippen MR) is 74.4 cm³/mol. The largest absolute Gasteiger partial charge is 0.322 e. The van der Waals surface area contributed by atoms with Gasteiger partial charge in [0, 0.05) is 12.6 Å². The molecule has 1 saturated heterocycles. The lowest BCUT2D eigenvalue weighted by molar-refractivity contribution is -0.121. The Bertz CT molecular complexity index is 493. The van der Waals surface area contributed by atoms with Gasteiger partial charge in [-0.3, -0.25) is 9.69 Å². The molecule has 2 atom stereocenters. The van der Waals surface area contributed by atoms with Crippen LogP contribution in [-0.4, -0.2) is 29.9 Å². The zero-order valence-corrected chi connectivity index (χ0v) is 11.8. The van der Waals surface area contributed by atoms with E-state index in [-0.39, 0.29) is 17.6 Å². The van der Waals surface area contributed by atoms with Crippen LogP contribution in [0, 0.1) is 17.6 Å². The van der Waals surface area contributed by atoms with Gasteiger partial charge in [-0.1, -0.05) is 6.92 Å². The molecule has 1 heterocycles. The Morgan fingerprint density at radius 1 is 1.45 bits per heavy atom. The fourth-order valence-corrected chi connectivity index (χ4v) is 2.57. The van der Waals surface area contributed by atoms with Gasteiger partial charge in [0.1, 0.15) is 11.6 Å². The van der Waals surface area contributed by atoms with Crippen molar-refractivity contribution in [2.75, 3.05) is 18.4 Å². The van der Waals surface area contributed by atoms with E-state index in [0.717, 1.165) is 37.7 Å². The first-order valence-electron chi connectivity index (χ1n) is 6.97. The summed E-state index contributed by atoms with van der Waals surface area (Å²) in [5, 5.41) is 2.47. The molecule has 0 radical (unpaired) electrons. The van der Waals surface area contributed by atoms with Crippen molar-refractivity contribution in [2.45, 2.75) is 32.7 Å². The van der Waals surface area contributed by atoms with Gasteiger partial charge in [0.2, 0.25) is 5.91 Å². The van der Waals surface area contributed by atoms with E-state index in [1.165, 1.54) is 6.42 Å². The number of benzene rings is 1. The molecule has 1 aliphatic rings. The molecule has 0 aliphatic carbocycles. The smallest absolute Gasteiger partial charge is 0.241 e. The van der Waals surface area contributed by atoms with E-state index in [0.29, 0.717) is 5.92 Å². The summed E-state index contributed by atoms with van der Waals surface area (Å²) in [5.74, 6) is -0.937. The van der Waals surface area contributed by atoms with Gasteiger partial charge in [-0.15, -0.1) is 0 Å². The molecule has 20 heavy (non-hydrogen) atoms. The van der Waals surface area contributed by atoms with E-state index in [2.05, 4.69) is 17.1 Å². The number of carbonyl (C=O) groups is 1. The topological polar surface area (TPSA) is 32.3 Å². The first-order valence-corrected chi connectivity index (χ1v) is 6.97. The second-order valence-corrected chi connectivity index (χ2v) is 5.53. The lowest BCUT2D eigenvalue weighted by Crippen LogP contribution is -2.46. The second kappa shape index (κ2) is 6.31. The van der Waals surface area contributed by atoms with Crippen molar-refractivity contribution in [3.05, 3.63) is 29.8 Å². The maximum Gasteiger partial charge on any atom is 0.241 e. The average molecular weight is 282 g/mol. The summed E-state index contributed by atoms with van der Waals surface area (Å²) in [6.07, 6.45) is 2.23. The Balaban J connectivity index is 2.02. The summed E-state index contributed by atoms with van der Waals surface area (Å²) >= 11 is 0. The summed E-state index contributed by atoms with van der Waals surface area (Å²) in [6, 6.07) is 2.69. The van der Waals surface area contributed by atoms with Crippen LogP contribution in [0.2, 0.25) is 0 Å². The van der Waals surface area contributed by atoms with Crippen molar-refractivity contribution >= 4 is 11.6 Å². The summed E-state index contributed by atoms with van der Waals surface area (Å²) in [4.78, 5) is 14.2. The van der Waals surface area contributed by atoms with Gasteiger partial charge in [0.15, 0.2) is 0 Å². The standard InChI is InChI=1S/C15H20F2N2O/c1-10-4-3-7-19(9-10)11(2)15(20)18-14-8-12(16)5-6-13(14)17/h5-6,8,10-11H,3-4,7,9H2,1-2H3,(H,18,20). The minimum absolute atomic E-state index is 0.105. The first kappa shape index (κ1) is 14.9. The minimum Gasteiger partial charge on any atom is -0.322 e. The summed E-state index contributed by atoms with van der Waals surface area (Å²) in [7, 11) is 0. The number of carbonyl (C=O) groups excluding carboxylic acids is 1. The van der Waals surface area contributed by atoms with Gasteiger partial charge in [-0.05, 0) is 44.4 Å². The number of nitrogens with one attached hydrogen (secondary N) is 1. The van der Waals surface area contributed by atoms with Crippen molar-refractivity contribution in [2.24, 2.45) is 5.92 Å². The number of nitrogens with zero attached hydrogens (tertiary/aromatic N) is 1. The molecule has 1 aliphatic heterocycles. The van der Waals surface area contributed by atoms with E-state index in [1.807, 2.05) is 0 Å². The molecule has 2 rings (SSSR count). The van der Waals surface area contributed by atoms with Crippen LogP contribution < -0.4 is 5.32 Å². The van der Waals surface area contributed by atoms with Gasteiger partial charge >= 0.3 is 0 Å². The van der Waals surface area contributed by atoms with Crippen molar-refractivity contribution in [3.8, 4) is 0 Å². The highest BCUT2D eigenvalue weighted by atomic mass is 19.1. The zero-order valence-electron chi connectivity index (χ0n) is 11.8. The molecule has 0 aromatic heterocycles. The molecule has 0 bridgehead atoms. The molecular formula is C15H20F2N2O. The number of hydrogen-bond donors (Lipinski definition) is 1. The van der Waals surface area contributed by atoms with E-state index < -0.39 is 11.6 Å². The normalized spacial score (nSPS) is 21.5. The SMILES string of the molecule is CC1CCCN(C(C)C(=O)Nc2cc(F)ccc2F)C1. The first-order chi connectivity index (χ1) is 9.47. The number of hydrogen-bond acceptors (Lipinski definition) is 2. The predicted octanol–water partition coefficient (Wildman–Crippen LogP) is 3.02. The number of piperidine rings is 1. The molecule has 1 N–H and O–H groups in total. The molecule has 3 nitrogen and oxygen atoms in total. The molecule has 110 valence electrons. The van der Waals surface area contributed by atoms with Crippen LogP contribution in [0.3, 0.4) is 0 Å². The van der Waals surface area contributed by atoms with Gasteiger partial charge in [-0.25, -0.2) is 8.78 Å². The highest BCUT2D eigenvalue weighted by molar-refractivity contribution is 5.94. The van der Waals surface area contributed by atoms with E-state index in [1.54, 1.807) is 6.92 Å². The monoisotopic (exact) mass is 282 g/mol. The molecule has 1 aromatic rings. The van der Waals surface area contributed by atoms with E-state index in [9.17, 15) is 13.6 Å². The van der Waals surface area contributed by atoms with Crippen LogP contribution in [-0.2, 0) is 4.79 Å². The third-order valence-electron chi connectivity index (χ3n) is 3.80. The van der Waals surface area contributed by atoms with Crippen LogP contribution in [0.5, 0.6) is 0 Å². The molecule has 5 heteroatoms. The quantitative estimate of drug-likeness (QED) is 0.924. The van der Waals surface area contributed by atoms with Crippen molar-refractivity contribution < 1.29 is 13.6 Å². The molecule has 0 spiro atoms. The third kappa shape index (κ3) is 3.54. The van der Waals surface area contributed by atoms with Gasteiger partial charge in [0.25, 0.3) is 0 Å². The Hall–Kier alpha value is -1.49. The fourth-order valence-electron chi connectivity index (χ4n) is 2.57. The number of anilines is 1. The van der Waals surface area contributed by atoms with Crippen LogP contribution in [0.15, 0.2) is 18.2 Å². The average Bonchev–Trinajstić information content (AvgIpc) is 2.42. The lowest BCUT2D eigenvalue weighted by Gasteiger charge is -2.34. The number of amides is 1. The summed E-state index contributed by atoms with van der Waals surface area (Å²) in [5.41, 5.74) is -0.105. The van der Waals surface area contributed by atoms with E-state index in [4.69, 9.17) is 0 Å². The maximum atomic E-state index is 13.5. The highest BCUT2D eigenvalue weighted by Crippen LogP contribution is 2.20. The Morgan fingerprint density at radius 2 is 2.20 bits per heavy atom. The Kier molecular flexibility index (Phi) is 4.70. The van der Waals surface area contributed by atoms with Crippen molar-refractivity contribution in [3.63, 3.8) is 0 Å². The molecule has 1 amide bonds. The van der Waals surface area contributed by atoms with Gasteiger partial charge in [0.05, 0.1) is 11.7 Å². The zero-order chi connectivity index (χ0) is 14.7. The summed E-state index contributed by atoms with van der Waals surface area (Å²) < 4.78 is 26.6. The van der Waals surface area contributed by atoms with Crippen molar-refractivity contribution in [1.29, 1.82) is 0 Å². The molecule has 2 unspecified atom stereocenters.